The molecule has 2 aliphatic rings. The van der Waals surface area contributed by atoms with Crippen LogP contribution >= 0.6 is 0 Å². The first-order valence-electron chi connectivity index (χ1n) is 7.42. The molecule has 1 fully saturated rings. The minimum Gasteiger partial charge on any atom is -0.327 e. The molecule has 0 radical (unpaired) electrons. The summed E-state index contributed by atoms with van der Waals surface area (Å²) in [7, 11) is 1.90. The fraction of sp³-hybridized carbons (Fsp3) is 0.500. The van der Waals surface area contributed by atoms with E-state index in [4.69, 9.17) is 5.73 Å². The number of hydrogen-bond donors (Lipinski definition) is 1. The summed E-state index contributed by atoms with van der Waals surface area (Å²) in [5.74, 6) is 2.10. The van der Waals surface area contributed by atoms with Gasteiger partial charge in [0.2, 0.25) is 0 Å². The molecule has 0 saturated heterocycles. The van der Waals surface area contributed by atoms with Crippen LogP contribution in [0.4, 0.5) is 0 Å². The van der Waals surface area contributed by atoms with Crippen LogP contribution in [0, 0.1) is 11.8 Å². The van der Waals surface area contributed by atoms with E-state index in [1.807, 2.05) is 13.2 Å². The normalized spacial score (nSPS) is 28.6. The Morgan fingerprint density at radius 2 is 2.25 bits per heavy atom. The van der Waals surface area contributed by atoms with Gasteiger partial charge in [-0.2, -0.15) is 0 Å². The molecule has 1 saturated carbocycles. The van der Waals surface area contributed by atoms with Crippen molar-refractivity contribution >= 4 is 0 Å². The monoisotopic (exact) mass is 268 g/mol. The maximum absolute atomic E-state index is 6.46. The topological polar surface area (TPSA) is 56.7 Å². The van der Waals surface area contributed by atoms with Gasteiger partial charge >= 0.3 is 0 Å². The Hall–Kier alpha value is -1.68. The number of nitrogens with two attached hydrogens (primary N) is 1. The van der Waals surface area contributed by atoms with Crippen LogP contribution in [0.1, 0.15) is 29.2 Å². The zero-order chi connectivity index (χ0) is 13.7. The maximum Gasteiger partial charge on any atom is 0.0842 e. The molecule has 0 aliphatic heterocycles. The first-order valence-corrected chi connectivity index (χ1v) is 7.42. The van der Waals surface area contributed by atoms with Gasteiger partial charge in [-0.15, -0.1) is 5.10 Å². The molecule has 1 heterocycles. The lowest BCUT2D eigenvalue weighted by Gasteiger charge is -2.13. The Morgan fingerprint density at radius 3 is 3.05 bits per heavy atom. The molecule has 0 bridgehead atoms. The van der Waals surface area contributed by atoms with Crippen LogP contribution in [-0.2, 0) is 19.9 Å². The van der Waals surface area contributed by atoms with Crippen LogP contribution in [0.5, 0.6) is 0 Å². The highest BCUT2D eigenvalue weighted by molar-refractivity contribution is 5.40. The lowest BCUT2D eigenvalue weighted by molar-refractivity contribution is 0.527. The standard InChI is InChI=1S/C16H20N4/c1-20-9-11(18-19-20)8-14(17)16-13-7-6-10-4-2-3-5-12(10)15(13)16/h2-5,9,13-16H,6-8,17H2,1H3. The third kappa shape index (κ3) is 1.86. The Kier molecular flexibility index (Phi) is 2.67. The quantitative estimate of drug-likeness (QED) is 0.921. The fourth-order valence-corrected chi connectivity index (χ4v) is 4.07. The molecular weight excluding hydrogens is 248 g/mol. The second kappa shape index (κ2) is 4.42. The molecule has 0 spiro atoms. The highest BCUT2D eigenvalue weighted by Gasteiger charge is 2.55. The second-order valence-electron chi connectivity index (χ2n) is 6.26. The van der Waals surface area contributed by atoms with Gasteiger partial charge in [0.25, 0.3) is 0 Å². The van der Waals surface area contributed by atoms with E-state index in [1.165, 1.54) is 18.4 Å². The summed E-state index contributed by atoms with van der Waals surface area (Å²) >= 11 is 0. The molecule has 20 heavy (non-hydrogen) atoms. The van der Waals surface area contributed by atoms with E-state index < -0.39 is 0 Å². The SMILES string of the molecule is Cn1cc(CC(N)C2C3CCc4ccccc4C32)nn1. The lowest BCUT2D eigenvalue weighted by atomic mass is 9.92. The summed E-state index contributed by atoms with van der Waals surface area (Å²) in [4.78, 5) is 0. The molecular formula is C16H20N4. The first kappa shape index (κ1) is 12.1. The first-order chi connectivity index (χ1) is 9.74. The van der Waals surface area contributed by atoms with Crippen molar-refractivity contribution in [3.05, 3.63) is 47.3 Å². The maximum atomic E-state index is 6.46. The van der Waals surface area contributed by atoms with Crippen LogP contribution < -0.4 is 5.73 Å². The van der Waals surface area contributed by atoms with Crippen LogP contribution in [0.15, 0.2) is 30.5 Å². The Morgan fingerprint density at radius 1 is 1.40 bits per heavy atom. The molecule has 1 aromatic heterocycles. The molecule has 4 heteroatoms. The molecule has 2 aromatic rings. The van der Waals surface area contributed by atoms with Gasteiger partial charge in [0.15, 0.2) is 0 Å². The Labute approximate surface area is 119 Å². The largest absolute Gasteiger partial charge is 0.327 e. The number of hydrogen-bond acceptors (Lipinski definition) is 3. The number of aryl methyl sites for hydroxylation is 2. The number of aromatic nitrogens is 3. The molecule has 2 aliphatic carbocycles. The molecule has 4 nitrogen and oxygen atoms in total. The van der Waals surface area contributed by atoms with Gasteiger partial charge in [0, 0.05) is 25.7 Å². The number of rotatable bonds is 3. The molecule has 1 aromatic carbocycles. The van der Waals surface area contributed by atoms with Crippen molar-refractivity contribution in [3.8, 4) is 0 Å². The second-order valence-corrected chi connectivity index (χ2v) is 6.26. The van der Waals surface area contributed by atoms with E-state index in [2.05, 4.69) is 34.6 Å². The van der Waals surface area contributed by atoms with Crippen LogP contribution in [0.25, 0.3) is 0 Å². The van der Waals surface area contributed by atoms with Crippen LogP contribution in [-0.4, -0.2) is 21.0 Å². The van der Waals surface area contributed by atoms with E-state index in [9.17, 15) is 0 Å². The van der Waals surface area contributed by atoms with Gasteiger partial charge in [0.1, 0.15) is 0 Å². The zero-order valence-corrected chi connectivity index (χ0v) is 11.7. The van der Waals surface area contributed by atoms with Crippen molar-refractivity contribution in [2.24, 2.45) is 24.6 Å². The van der Waals surface area contributed by atoms with E-state index in [0.717, 1.165) is 18.0 Å². The van der Waals surface area contributed by atoms with Crippen LogP contribution in [0.2, 0.25) is 0 Å². The molecule has 4 unspecified atom stereocenters. The van der Waals surface area contributed by atoms with Crippen molar-refractivity contribution in [2.75, 3.05) is 0 Å². The van der Waals surface area contributed by atoms with Crippen molar-refractivity contribution in [3.63, 3.8) is 0 Å². The highest BCUT2D eigenvalue weighted by atomic mass is 15.4. The molecule has 104 valence electrons. The van der Waals surface area contributed by atoms with Crippen LogP contribution in [0.3, 0.4) is 0 Å². The number of benzene rings is 1. The van der Waals surface area contributed by atoms with E-state index >= 15 is 0 Å². The highest BCUT2D eigenvalue weighted by Crippen LogP contribution is 2.61. The van der Waals surface area contributed by atoms with Gasteiger partial charge in [-0.05, 0) is 41.7 Å². The third-order valence-corrected chi connectivity index (χ3v) is 4.98. The molecule has 0 amide bonds. The zero-order valence-electron chi connectivity index (χ0n) is 11.7. The summed E-state index contributed by atoms with van der Waals surface area (Å²) in [6, 6.07) is 9.07. The van der Waals surface area contributed by atoms with E-state index in [1.54, 1.807) is 10.2 Å². The Balaban J connectivity index is 1.52. The minimum atomic E-state index is 0.202. The van der Waals surface area contributed by atoms with Gasteiger partial charge in [-0.3, -0.25) is 4.68 Å². The molecule has 2 N–H and O–H groups in total. The Bertz CT molecular complexity index is 633. The summed E-state index contributed by atoms with van der Waals surface area (Å²) in [5.41, 5.74) is 10.5. The minimum absolute atomic E-state index is 0.202. The van der Waals surface area contributed by atoms with Crippen molar-refractivity contribution in [1.82, 2.24) is 15.0 Å². The average molecular weight is 268 g/mol. The molecule has 4 rings (SSSR count). The molecule has 4 atom stereocenters. The van der Waals surface area contributed by atoms with Crippen molar-refractivity contribution in [2.45, 2.75) is 31.2 Å². The van der Waals surface area contributed by atoms with Crippen molar-refractivity contribution < 1.29 is 0 Å². The smallest absolute Gasteiger partial charge is 0.0842 e. The summed E-state index contributed by atoms with van der Waals surface area (Å²) in [6.45, 7) is 0. The van der Waals surface area contributed by atoms with E-state index in [-0.39, 0.29) is 6.04 Å². The van der Waals surface area contributed by atoms with Crippen molar-refractivity contribution in [1.29, 1.82) is 0 Å². The van der Waals surface area contributed by atoms with Gasteiger partial charge in [0.05, 0.1) is 5.69 Å². The summed E-state index contributed by atoms with van der Waals surface area (Å²) in [6.07, 6.45) is 5.32. The van der Waals surface area contributed by atoms with Gasteiger partial charge < -0.3 is 5.73 Å². The number of fused-ring (bicyclic) bond motifs is 3. The predicted octanol–water partition coefficient (Wildman–Crippen LogP) is 1.66. The average Bonchev–Trinajstić information content (AvgIpc) is 3.08. The summed E-state index contributed by atoms with van der Waals surface area (Å²) in [5, 5.41) is 8.15. The lowest BCUT2D eigenvalue weighted by Crippen LogP contribution is -2.26. The van der Waals surface area contributed by atoms with Gasteiger partial charge in [-0.1, -0.05) is 29.5 Å². The van der Waals surface area contributed by atoms with Gasteiger partial charge in [-0.25, -0.2) is 0 Å². The third-order valence-electron chi connectivity index (χ3n) is 4.98. The van der Waals surface area contributed by atoms with E-state index in [0.29, 0.717) is 11.8 Å². The number of nitrogens with zero attached hydrogens (tertiary/aromatic N) is 3. The predicted molar refractivity (Wildman–Crippen MR) is 77.2 cm³/mol. The summed E-state index contributed by atoms with van der Waals surface area (Å²) < 4.78 is 1.75. The fourth-order valence-electron chi connectivity index (χ4n) is 4.07.